The molecule has 9 heavy (non-hydrogen) atoms. The van der Waals surface area contributed by atoms with E-state index in [1.165, 1.54) is 12.8 Å². The van der Waals surface area contributed by atoms with Gasteiger partial charge < -0.3 is 0 Å². The molecular weight excluding hydrogens is 108 g/mol. The number of hydrogen-bond donors (Lipinski definition) is 0. The van der Waals surface area contributed by atoms with Crippen molar-refractivity contribution in [2.24, 2.45) is 23.7 Å². The molecule has 0 heteroatoms. The molecule has 0 aromatic heterocycles. The van der Waals surface area contributed by atoms with Crippen LogP contribution >= 0.6 is 0 Å². The van der Waals surface area contributed by atoms with E-state index in [1.54, 1.807) is 0 Å². The zero-order chi connectivity index (χ0) is 6.43. The van der Waals surface area contributed by atoms with Gasteiger partial charge in [0.15, 0.2) is 0 Å². The first-order chi connectivity index (χ1) is 4.33. The molecule has 2 aliphatic carbocycles. The Hall–Kier alpha value is -0.260. The molecule has 0 aromatic carbocycles. The summed E-state index contributed by atoms with van der Waals surface area (Å²) >= 11 is 0. The Morgan fingerprint density at radius 2 is 2.22 bits per heavy atom. The first-order valence-corrected chi connectivity index (χ1v) is 3.95. The molecule has 2 fully saturated rings. The lowest BCUT2D eigenvalue weighted by Gasteiger charge is -2.12. The highest BCUT2D eigenvalue weighted by atomic mass is 14.5. The van der Waals surface area contributed by atoms with Crippen molar-refractivity contribution in [3.8, 4) is 0 Å². The average molecular weight is 122 g/mol. The summed E-state index contributed by atoms with van der Waals surface area (Å²) in [6.07, 6.45) is 5.14. The molecule has 0 radical (unpaired) electrons. The van der Waals surface area contributed by atoms with Crippen molar-refractivity contribution in [2.75, 3.05) is 0 Å². The molecule has 0 aromatic rings. The van der Waals surface area contributed by atoms with Gasteiger partial charge in [-0.3, -0.25) is 0 Å². The van der Waals surface area contributed by atoms with Crippen LogP contribution in [0.1, 0.15) is 19.8 Å². The largest absolute Gasteiger partial charge is 0.103 e. The minimum Gasteiger partial charge on any atom is -0.103 e. The van der Waals surface area contributed by atoms with Crippen LogP contribution in [0.5, 0.6) is 0 Å². The van der Waals surface area contributed by atoms with Gasteiger partial charge in [0.25, 0.3) is 0 Å². The van der Waals surface area contributed by atoms with Crippen molar-refractivity contribution in [2.45, 2.75) is 19.8 Å². The van der Waals surface area contributed by atoms with Crippen LogP contribution in [-0.4, -0.2) is 0 Å². The van der Waals surface area contributed by atoms with Gasteiger partial charge in [-0.1, -0.05) is 13.0 Å². The van der Waals surface area contributed by atoms with Gasteiger partial charge in [-0.15, -0.1) is 6.58 Å². The maximum absolute atomic E-state index is 3.87. The summed E-state index contributed by atoms with van der Waals surface area (Å²) in [7, 11) is 0. The van der Waals surface area contributed by atoms with Crippen molar-refractivity contribution in [1.29, 1.82) is 0 Å². The average Bonchev–Trinajstić information content (AvgIpc) is 2.45. The monoisotopic (exact) mass is 122 g/mol. The van der Waals surface area contributed by atoms with E-state index in [1.807, 2.05) is 0 Å². The first kappa shape index (κ1) is 5.52. The predicted molar refractivity (Wildman–Crippen MR) is 39.1 cm³/mol. The van der Waals surface area contributed by atoms with Gasteiger partial charge in [-0.2, -0.15) is 0 Å². The van der Waals surface area contributed by atoms with Crippen LogP contribution in [0.15, 0.2) is 12.7 Å². The molecule has 0 bridgehead atoms. The van der Waals surface area contributed by atoms with Crippen LogP contribution < -0.4 is 0 Å². The van der Waals surface area contributed by atoms with E-state index in [-0.39, 0.29) is 0 Å². The topological polar surface area (TPSA) is 0 Å². The number of fused-ring (bicyclic) bond motifs is 1. The van der Waals surface area contributed by atoms with Gasteiger partial charge in [0.2, 0.25) is 0 Å². The zero-order valence-electron chi connectivity index (χ0n) is 6.01. The molecule has 4 atom stereocenters. The fraction of sp³-hybridized carbons (Fsp3) is 0.778. The van der Waals surface area contributed by atoms with Crippen LogP contribution in [-0.2, 0) is 0 Å². The van der Waals surface area contributed by atoms with Crippen LogP contribution in [0.3, 0.4) is 0 Å². The van der Waals surface area contributed by atoms with Gasteiger partial charge in [0.05, 0.1) is 0 Å². The molecule has 4 unspecified atom stereocenters. The van der Waals surface area contributed by atoms with Gasteiger partial charge in [0.1, 0.15) is 0 Å². The highest BCUT2D eigenvalue weighted by molar-refractivity contribution is 5.06. The SMILES string of the molecule is C=CC1C(C)CC2CC21. The van der Waals surface area contributed by atoms with Crippen molar-refractivity contribution < 1.29 is 0 Å². The maximum atomic E-state index is 3.87. The molecule has 2 saturated carbocycles. The third-order valence-corrected chi connectivity index (χ3v) is 3.08. The van der Waals surface area contributed by atoms with Gasteiger partial charge in [-0.05, 0) is 36.5 Å². The van der Waals surface area contributed by atoms with E-state index in [0.29, 0.717) is 0 Å². The molecule has 0 aliphatic heterocycles. The fourth-order valence-electron chi connectivity index (χ4n) is 2.48. The molecule has 0 N–H and O–H groups in total. The lowest BCUT2D eigenvalue weighted by molar-refractivity contribution is 0.436. The van der Waals surface area contributed by atoms with Crippen LogP contribution in [0.25, 0.3) is 0 Å². The van der Waals surface area contributed by atoms with E-state index in [0.717, 1.165) is 23.7 Å². The van der Waals surface area contributed by atoms with Crippen molar-refractivity contribution in [1.82, 2.24) is 0 Å². The molecule has 0 nitrogen and oxygen atoms in total. The van der Waals surface area contributed by atoms with E-state index in [9.17, 15) is 0 Å². The van der Waals surface area contributed by atoms with Crippen molar-refractivity contribution in [3.05, 3.63) is 12.7 Å². The van der Waals surface area contributed by atoms with E-state index in [4.69, 9.17) is 0 Å². The third-order valence-electron chi connectivity index (χ3n) is 3.08. The second kappa shape index (κ2) is 1.62. The highest BCUT2D eigenvalue weighted by Gasteiger charge is 2.50. The van der Waals surface area contributed by atoms with Gasteiger partial charge >= 0.3 is 0 Å². The fourth-order valence-corrected chi connectivity index (χ4v) is 2.48. The number of allylic oxidation sites excluding steroid dienone is 1. The Kier molecular flexibility index (Phi) is 0.992. The smallest absolute Gasteiger partial charge is 0.0179 e. The minimum absolute atomic E-state index is 0.870. The van der Waals surface area contributed by atoms with E-state index >= 15 is 0 Å². The Balaban J connectivity index is 2.10. The van der Waals surface area contributed by atoms with Gasteiger partial charge in [-0.25, -0.2) is 0 Å². The second-order valence-electron chi connectivity index (χ2n) is 3.69. The molecular formula is C9H14. The van der Waals surface area contributed by atoms with Crippen LogP contribution in [0.2, 0.25) is 0 Å². The predicted octanol–water partition coefficient (Wildman–Crippen LogP) is 2.46. The summed E-state index contributed by atoms with van der Waals surface area (Å²) in [5, 5.41) is 0. The summed E-state index contributed by atoms with van der Waals surface area (Å²) in [5.41, 5.74) is 0. The molecule has 2 rings (SSSR count). The van der Waals surface area contributed by atoms with Crippen LogP contribution in [0, 0.1) is 23.7 Å². The maximum Gasteiger partial charge on any atom is -0.0179 e. The molecule has 0 saturated heterocycles. The summed E-state index contributed by atoms with van der Waals surface area (Å²) in [5.74, 6) is 3.96. The summed E-state index contributed by atoms with van der Waals surface area (Å²) in [6.45, 7) is 6.23. The molecule has 50 valence electrons. The van der Waals surface area contributed by atoms with Crippen LogP contribution in [0.4, 0.5) is 0 Å². The Bertz CT molecular complexity index is 135. The molecule has 0 heterocycles. The number of rotatable bonds is 1. The lowest BCUT2D eigenvalue weighted by Crippen LogP contribution is -2.04. The quantitative estimate of drug-likeness (QED) is 0.469. The Morgan fingerprint density at radius 3 is 2.56 bits per heavy atom. The Labute approximate surface area is 57.0 Å². The highest BCUT2D eigenvalue weighted by Crippen LogP contribution is 2.58. The summed E-state index contributed by atoms with van der Waals surface area (Å²) < 4.78 is 0. The lowest BCUT2D eigenvalue weighted by atomic mass is 9.93. The third kappa shape index (κ3) is 0.654. The first-order valence-electron chi connectivity index (χ1n) is 3.95. The van der Waals surface area contributed by atoms with Gasteiger partial charge in [0, 0.05) is 0 Å². The molecule has 0 spiro atoms. The minimum atomic E-state index is 0.870. The summed E-state index contributed by atoms with van der Waals surface area (Å²) in [6, 6.07) is 0. The molecule has 2 aliphatic rings. The Morgan fingerprint density at radius 1 is 1.44 bits per heavy atom. The summed E-state index contributed by atoms with van der Waals surface area (Å²) in [4.78, 5) is 0. The second-order valence-corrected chi connectivity index (χ2v) is 3.69. The van der Waals surface area contributed by atoms with Crippen molar-refractivity contribution in [3.63, 3.8) is 0 Å². The normalized spacial score (nSPS) is 54.8. The van der Waals surface area contributed by atoms with Crippen molar-refractivity contribution >= 4 is 0 Å². The zero-order valence-corrected chi connectivity index (χ0v) is 6.01. The number of hydrogen-bond acceptors (Lipinski definition) is 0. The molecule has 0 amide bonds. The van der Waals surface area contributed by atoms with E-state index in [2.05, 4.69) is 19.6 Å². The van der Waals surface area contributed by atoms with E-state index < -0.39 is 0 Å². The standard InChI is InChI=1S/C9H14/c1-3-8-6(2)4-7-5-9(7)8/h3,6-9H,1,4-5H2,2H3.